The molecule has 3 aromatic rings. The molecule has 0 aliphatic rings. The molecule has 0 unspecified atom stereocenters. The van der Waals surface area contributed by atoms with Gasteiger partial charge in [-0.3, -0.25) is 4.79 Å². The van der Waals surface area contributed by atoms with Crippen LogP contribution in [-0.4, -0.2) is 35.1 Å². The number of hydrogen-bond donors (Lipinski definition) is 2. The third-order valence-corrected chi connectivity index (χ3v) is 5.89. The Morgan fingerprint density at radius 2 is 1.50 bits per heavy atom. The maximum Gasteiger partial charge on any atom is 0.240 e. The number of benzene rings is 3. The maximum atomic E-state index is 12.5. The van der Waals surface area contributed by atoms with Crippen molar-refractivity contribution in [3.8, 4) is 23.0 Å². The van der Waals surface area contributed by atoms with Gasteiger partial charge in [0.15, 0.2) is 11.5 Å². The van der Waals surface area contributed by atoms with Crippen molar-refractivity contribution >= 4 is 21.6 Å². The maximum absolute atomic E-state index is 12.5. The van der Waals surface area contributed by atoms with Crippen molar-refractivity contribution in [2.45, 2.75) is 11.3 Å². The van der Waals surface area contributed by atoms with Crippen molar-refractivity contribution in [3.05, 3.63) is 72.8 Å². The van der Waals surface area contributed by atoms with E-state index in [4.69, 9.17) is 14.2 Å². The highest BCUT2D eigenvalue weighted by Gasteiger charge is 2.17. The molecule has 0 atom stereocenters. The van der Waals surface area contributed by atoms with Crippen LogP contribution in [0.4, 0.5) is 5.69 Å². The van der Waals surface area contributed by atoms with Crippen LogP contribution >= 0.6 is 0 Å². The van der Waals surface area contributed by atoms with Gasteiger partial charge in [-0.2, -0.15) is 0 Å². The first-order valence-corrected chi connectivity index (χ1v) is 11.2. The zero-order valence-electron chi connectivity index (χ0n) is 17.7. The standard InChI is InChI=1S/C23H24N2O6S/c1-29-21-13-12-20(16-22(21)30-2)32(27,28)24-15-14-23(26)25-17-8-10-19(11-9-17)31-18-6-4-3-5-7-18/h3-13,16,24H,14-15H2,1-2H3,(H,25,26). The van der Waals surface area contributed by atoms with Crippen molar-refractivity contribution < 1.29 is 27.4 Å². The number of ether oxygens (including phenoxy) is 3. The minimum absolute atomic E-state index is 0.0181. The fourth-order valence-electron chi connectivity index (χ4n) is 2.82. The summed E-state index contributed by atoms with van der Waals surface area (Å²) < 4.78 is 43.3. The molecule has 3 rings (SSSR count). The van der Waals surface area contributed by atoms with Crippen molar-refractivity contribution in [1.29, 1.82) is 0 Å². The van der Waals surface area contributed by atoms with Gasteiger partial charge in [0, 0.05) is 24.7 Å². The highest BCUT2D eigenvalue weighted by Crippen LogP contribution is 2.29. The lowest BCUT2D eigenvalue weighted by Gasteiger charge is -2.11. The van der Waals surface area contributed by atoms with Crippen LogP contribution in [0.15, 0.2) is 77.7 Å². The predicted molar refractivity (Wildman–Crippen MR) is 121 cm³/mol. The Bertz CT molecular complexity index is 1150. The van der Waals surface area contributed by atoms with Crippen LogP contribution in [0.3, 0.4) is 0 Å². The molecule has 0 aliphatic heterocycles. The Balaban J connectivity index is 1.50. The molecule has 0 saturated carbocycles. The van der Waals surface area contributed by atoms with Crippen LogP contribution in [-0.2, 0) is 14.8 Å². The Morgan fingerprint density at radius 3 is 2.16 bits per heavy atom. The molecule has 0 bridgehead atoms. The smallest absolute Gasteiger partial charge is 0.240 e. The first kappa shape index (κ1) is 23.1. The van der Waals surface area contributed by atoms with Gasteiger partial charge in [0.2, 0.25) is 15.9 Å². The molecule has 0 radical (unpaired) electrons. The number of sulfonamides is 1. The van der Waals surface area contributed by atoms with Crippen LogP contribution in [0, 0.1) is 0 Å². The number of para-hydroxylation sites is 1. The second-order valence-corrected chi connectivity index (χ2v) is 8.42. The molecule has 0 aliphatic carbocycles. The molecule has 2 N–H and O–H groups in total. The fourth-order valence-corrected chi connectivity index (χ4v) is 3.87. The molecular formula is C23H24N2O6S. The molecule has 0 heterocycles. The van der Waals surface area contributed by atoms with Crippen LogP contribution in [0.25, 0.3) is 0 Å². The van der Waals surface area contributed by atoms with Crippen molar-refractivity contribution in [1.82, 2.24) is 4.72 Å². The van der Waals surface area contributed by atoms with Gasteiger partial charge in [-0.05, 0) is 48.5 Å². The van der Waals surface area contributed by atoms with E-state index in [1.165, 1.54) is 32.4 Å². The lowest BCUT2D eigenvalue weighted by Crippen LogP contribution is -2.27. The summed E-state index contributed by atoms with van der Waals surface area (Å²) in [7, 11) is -0.916. The van der Waals surface area contributed by atoms with Gasteiger partial charge in [-0.1, -0.05) is 18.2 Å². The van der Waals surface area contributed by atoms with Gasteiger partial charge < -0.3 is 19.5 Å². The average Bonchev–Trinajstić information content (AvgIpc) is 2.80. The molecule has 168 valence electrons. The number of carbonyl (C=O) groups is 1. The number of carbonyl (C=O) groups excluding carboxylic acids is 1. The largest absolute Gasteiger partial charge is 0.493 e. The summed E-state index contributed by atoms with van der Waals surface area (Å²) in [6.45, 7) is -0.0578. The molecular weight excluding hydrogens is 432 g/mol. The summed E-state index contributed by atoms with van der Waals surface area (Å²) in [6, 6.07) is 20.5. The third-order valence-electron chi connectivity index (χ3n) is 4.43. The van der Waals surface area contributed by atoms with E-state index in [9.17, 15) is 13.2 Å². The Labute approximate surface area is 187 Å². The summed E-state index contributed by atoms with van der Waals surface area (Å²) in [5.41, 5.74) is 0.582. The van der Waals surface area contributed by atoms with Gasteiger partial charge in [-0.15, -0.1) is 0 Å². The van der Waals surface area contributed by atoms with E-state index in [1.54, 1.807) is 24.3 Å². The summed E-state index contributed by atoms with van der Waals surface area (Å²) in [5.74, 6) is 1.75. The highest BCUT2D eigenvalue weighted by molar-refractivity contribution is 7.89. The van der Waals surface area contributed by atoms with E-state index in [-0.39, 0.29) is 23.8 Å². The number of hydrogen-bond acceptors (Lipinski definition) is 6. The Kier molecular flexibility index (Phi) is 7.69. The fraction of sp³-hybridized carbons (Fsp3) is 0.174. The van der Waals surface area contributed by atoms with Crippen LogP contribution in [0.5, 0.6) is 23.0 Å². The predicted octanol–water partition coefficient (Wildman–Crippen LogP) is 3.80. The van der Waals surface area contributed by atoms with Gasteiger partial charge in [0.05, 0.1) is 19.1 Å². The summed E-state index contributed by atoms with van der Waals surface area (Å²) in [5, 5.41) is 2.73. The van der Waals surface area contributed by atoms with E-state index in [1.807, 2.05) is 30.3 Å². The molecule has 32 heavy (non-hydrogen) atoms. The van der Waals surface area contributed by atoms with Gasteiger partial charge in [-0.25, -0.2) is 13.1 Å². The van der Waals surface area contributed by atoms with E-state index in [2.05, 4.69) is 10.0 Å². The van der Waals surface area contributed by atoms with Crippen LogP contribution in [0.2, 0.25) is 0 Å². The summed E-state index contributed by atoms with van der Waals surface area (Å²) in [4.78, 5) is 12.2. The lowest BCUT2D eigenvalue weighted by molar-refractivity contribution is -0.116. The monoisotopic (exact) mass is 456 g/mol. The first-order chi connectivity index (χ1) is 15.4. The zero-order chi connectivity index (χ0) is 23.0. The van der Waals surface area contributed by atoms with E-state index in [0.29, 0.717) is 28.7 Å². The topological polar surface area (TPSA) is 103 Å². The molecule has 0 saturated heterocycles. The normalized spacial score (nSPS) is 10.9. The number of methoxy groups -OCH3 is 2. The van der Waals surface area contributed by atoms with E-state index >= 15 is 0 Å². The molecule has 8 nitrogen and oxygen atoms in total. The zero-order valence-corrected chi connectivity index (χ0v) is 18.5. The number of amides is 1. The molecule has 1 amide bonds. The first-order valence-electron chi connectivity index (χ1n) is 9.76. The second-order valence-electron chi connectivity index (χ2n) is 6.65. The minimum atomic E-state index is -3.80. The Morgan fingerprint density at radius 1 is 0.844 bits per heavy atom. The third kappa shape index (κ3) is 6.22. The minimum Gasteiger partial charge on any atom is -0.493 e. The van der Waals surface area contributed by atoms with Gasteiger partial charge in [0.1, 0.15) is 11.5 Å². The van der Waals surface area contributed by atoms with Gasteiger partial charge in [0.25, 0.3) is 0 Å². The van der Waals surface area contributed by atoms with Crippen molar-refractivity contribution in [2.24, 2.45) is 0 Å². The summed E-state index contributed by atoms with van der Waals surface area (Å²) >= 11 is 0. The van der Waals surface area contributed by atoms with E-state index in [0.717, 1.165) is 0 Å². The van der Waals surface area contributed by atoms with Crippen molar-refractivity contribution in [2.75, 3.05) is 26.1 Å². The average molecular weight is 457 g/mol. The molecule has 0 fully saturated rings. The number of nitrogens with one attached hydrogen (secondary N) is 2. The molecule has 9 heteroatoms. The second kappa shape index (κ2) is 10.7. The Hall–Kier alpha value is -3.56. The lowest BCUT2D eigenvalue weighted by atomic mass is 10.3. The highest BCUT2D eigenvalue weighted by atomic mass is 32.2. The van der Waals surface area contributed by atoms with Gasteiger partial charge >= 0.3 is 0 Å². The van der Waals surface area contributed by atoms with Crippen LogP contribution in [0.1, 0.15) is 6.42 Å². The molecule has 0 aromatic heterocycles. The number of anilines is 1. The SMILES string of the molecule is COc1ccc(S(=O)(=O)NCCC(=O)Nc2ccc(Oc3ccccc3)cc2)cc1OC. The van der Waals surface area contributed by atoms with Crippen molar-refractivity contribution in [3.63, 3.8) is 0 Å². The quantitative estimate of drug-likeness (QED) is 0.481. The van der Waals surface area contributed by atoms with E-state index < -0.39 is 10.0 Å². The van der Waals surface area contributed by atoms with Crippen LogP contribution < -0.4 is 24.2 Å². The molecule has 3 aromatic carbocycles. The number of rotatable bonds is 10. The molecule has 0 spiro atoms. The summed E-state index contributed by atoms with van der Waals surface area (Å²) in [6.07, 6.45) is -0.0330.